The number of rotatable bonds is 29. The van der Waals surface area contributed by atoms with Crippen molar-refractivity contribution in [2.24, 2.45) is 5.73 Å². The first kappa shape index (κ1) is 39.1. The number of hydrogen-bond donors (Lipinski definition) is 3. The molecule has 0 aromatic heterocycles. The zero-order valence-electron chi connectivity index (χ0n) is 27.0. The zero-order chi connectivity index (χ0) is 30.4. The Labute approximate surface area is 252 Å². The van der Waals surface area contributed by atoms with Crippen molar-refractivity contribution in [3.05, 3.63) is 11.6 Å². The molecule has 0 aromatic rings. The average Bonchev–Trinajstić information content (AvgIpc) is 2.97. The van der Waals surface area contributed by atoms with Crippen LogP contribution in [-0.4, -0.2) is 43.5 Å². The molecule has 7 heteroatoms. The lowest BCUT2D eigenvalue weighted by Gasteiger charge is -2.12. The topological polar surface area (TPSA) is 111 Å². The van der Waals surface area contributed by atoms with Crippen molar-refractivity contribution >= 4 is 17.8 Å². The highest BCUT2D eigenvalue weighted by Crippen LogP contribution is 2.15. The van der Waals surface area contributed by atoms with Gasteiger partial charge in [0.2, 0.25) is 11.8 Å². The van der Waals surface area contributed by atoms with E-state index in [0.717, 1.165) is 51.4 Å². The van der Waals surface area contributed by atoms with Crippen molar-refractivity contribution in [2.45, 2.75) is 168 Å². The minimum absolute atomic E-state index is 0.0549. The number of esters is 1. The minimum Gasteiger partial charge on any atom is -0.461 e. The van der Waals surface area contributed by atoms with Gasteiger partial charge in [0.1, 0.15) is 6.61 Å². The van der Waals surface area contributed by atoms with Gasteiger partial charge in [-0.25, -0.2) is 0 Å². The van der Waals surface area contributed by atoms with Gasteiger partial charge < -0.3 is 21.1 Å². The van der Waals surface area contributed by atoms with Crippen LogP contribution in [0.5, 0.6) is 0 Å². The summed E-state index contributed by atoms with van der Waals surface area (Å²) in [4.78, 5) is 36.3. The maximum atomic E-state index is 12.2. The third kappa shape index (κ3) is 26.7. The van der Waals surface area contributed by atoms with E-state index in [9.17, 15) is 14.4 Å². The van der Waals surface area contributed by atoms with Gasteiger partial charge in [0.15, 0.2) is 0 Å². The Morgan fingerprint density at radius 3 is 1.71 bits per heavy atom. The molecule has 0 aromatic carbocycles. The summed E-state index contributed by atoms with van der Waals surface area (Å²) in [6.07, 6.45) is 25.7. The van der Waals surface area contributed by atoms with Crippen LogP contribution in [0.15, 0.2) is 11.6 Å². The molecule has 0 saturated carbocycles. The number of nitrogens with one attached hydrogen (secondary N) is 2. The molecule has 0 saturated heterocycles. The summed E-state index contributed by atoms with van der Waals surface area (Å²) in [5.74, 6) is -0.595. The van der Waals surface area contributed by atoms with E-state index >= 15 is 0 Å². The molecule has 0 fully saturated rings. The van der Waals surface area contributed by atoms with Crippen molar-refractivity contribution in [2.75, 3.05) is 19.7 Å². The normalized spacial score (nSPS) is 11.6. The monoisotopic (exact) mass is 579 g/mol. The second-order valence-corrected chi connectivity index (χ2v) is 11.5. The number of allylic oxidation sites excluding steroid dienone is 1. The lowest BCUT2D eigenvalue weighted by atomic mass is 10.0. The molecule has 41 heavy (non-hydrogen) atoms. The second-order valence-electron chi connectivity index (χ2n) is 11.5. The number of carbonyl (C=O) groups is 3. The Kier molecular flexibility index (Phi) is 28.2. The van der Waals surface area contributed by atoms with E-state index < -0.39 is 6.04 Å². The fourth-order valence-corrected chi connectivity index (χ4v) is 4.74. The quantitative estimate of drug-likeness (QED) is 0.0479. The number of ether oxygens (including phenoxy) is 1. The lowest BCUT2D eigenvalue weighted by Crippen LogP contribution is -2.41. The van der Waals surface area contributed by atoms with Crippen molar-refractivity contribution in [3.63, 3.8) is 0 Å². The molecular formula is C34H65N3O4. The standard InChI is InChI=1S/C34H65N3O4/c1-4-7-10-11-12-13-14-15-16-17-18-19-27-36-32(38)25-24-31(35)34(40)37-28-20-23-33(39)41-29-26-30(21-8-5-2)22-9-6-3/h26,31H,4-25,27-29,35H2,1-3H3,(H,36,38)(H,37,40). The molecule has 0 rings (SSSR count). The summed E-state index contributed by atoms with van der Waals surface area (Å²) < 4.78 is 5.34. The second kappa shape index (κ2) is 29.6. The van der Waals surface area contributed by atoms with E-state index in [-0.39, 0.29) is 30.6 Å². The van der Waals surface area contributed by atoms with Gasteiger partial charge in [-0.2, -0.15) is 0 Å². The third-order valence-electron chi connectivity index (χ3n) is 7.55. The maximum absolute atomic E-state index is 12.2. The van der Waals surface area contributed by atoms with Crippen LogP contribution in [0.3, 0.4) is 0 Å². The van der Waals surface area contributed by atoms with Crippen molar-refractivity contribution in [1.82, 2.24) is 10.6 Å². The van der Waals surface area contributed by atoms with E-state index in [1.54, 1.807) is 0 Å². The lowest BCUT2D eigenvalue weighted by molar-refractivity contribution is -0.142. The summed E-state index contributed by atoms with van der Waals surface area (Å²) in [5, 5.41) is 5.70. The van der Waals surface area contributed by atoms with Crippen LogP contribution < -0.4 is 16.4 Å². The molecule has 0 aliphatic carbocycles. The van der Waals surface area contributed by atoms with Crippen LogP contribution in [0, 0.1) is 0 Å². The van der Waals surface area contributed by atoms with Crippen LogP contribution in [0.2, 0.25) is 0 Å². The molecular weight excluding hydrogens is 514 g/mol. The molecule has 7 nitrogen and oxygen atoms in total. The van der Waals surface area contributed by atoms with Crippen LogP contribution in [-0.2, 0) is 19.1 Å². The van der Waals surface area contributed by atoms with E-state index in [0.29, 0.717) is 32.5 Å². The summed E-state index contributed by atoms with van der Waals surface area (Å²) >= 11 is 0. The van der Waals surface area contributed by atoms with E-state index in [4.69, 9.17) is 10.5 Å². The Balaban J connectivity index is 3.75. The summed E-state index contributed by atoms with van der Waals surface area (Å²) in [7, 11) is 0. The zero-order valence-corrected chi connectivity index (χ0v) is 27.0. The molecule has 1 unspecified atom stereocenters. The Morgan fingerprint density at radius 2 is 1.15 bits per heavy atom. The summed E-state index contributed by atoms with van der Waals surface area (Å²) in [6.45, 7) is 7.98. The fourth-order valence-electron chi connectivity index (χ4n) is 4.74. The van der Waals surface area contributed by atoms with Crippen molar-refractivity contribution in [1.29, 1.82) is 0 Å². The van der Waals surface area contributed by atoms with Gasteiger partial charge in [0, 0.05) is 25.9 Å². The predicted octanol–water partition coefficient (Wildman–Crippen LogP) is 7.66. The maximum Gasteiger partial charge on any atom is 0.306 e. The SMILES string of the molecule is CCCCCCCCCCCCCCNC(=O)CCC(N)C(=O)NCCCC(=O)OCC=C(CCCC)CCCC. The molecule has 0 heterocycles. The molecule has 2 amide bonds. The van der Waals surface area contributed by atoms with Crippen molar-refractivity contribution < 1.29 is 19.1 Å². The first-order chi connectivity index (χ1) is 19.9. The summed E-state index contributed by atoms with van der Waals surface area (Å²) in [6, 6.07) is -0.728. The number of amides is 2. The fraction of sp³-hybridized carbons (Fsp3) is 0.853. The molecule has 0 aliphatic heterocycles. The molecule has 0 bridgehead atoms. The van der Waals surface area contributed by atoms with Gasteiger partial charge in [-0.05, 0) is 51.0 Å². The van der Waals surface area contributed by atoms with Crippen LogP contribution in [0.25, 0.3) is 0 Å². The van der Waals surface area contributed by atoms with Crippen LogP contribution in [0.1, 0.15) is 162 Å². The number of nitrogens with two attached hydrogens (primary N) is 1. The molecule has 1 atom stereocenters. The van der Waals surface area contributed by atoms with Gasteiger partial charge in [-0.15, -0.1) is 0 Å². The number of hydrogen-bond acceptors (Lipinski definition) is 5. The molecule has 0 spiro atoms. The third-order valence-corrected chi connectivity index (χ3v) is 7.55. The predicted molar refractivity (Wildman–Crippen MR) is 172 cm³/mol. The minimum atomic E-state index is -0.728. The van der Waals surface area contributed by atoms with Crippen LogP contribution in [0.4, 0.5) is 0 Å². The molecule has 0 aliphatic rings. The Morgan fingerprint density at radius 1 is 0.634 bits per heavy atom. The molecule has 240 valence electrons. The van der Waals surface area contributed by atoms with Gasteiger partial charge in [-0.1, -0.05) is 110 Å². The van der Waals surface area contributed by atoms with Crippen LogP contribution >= 0.6 is 0 Å². The highest BCUT2D eigenvalue weighted by molar-refractivity contribution is 5.83. The van der Waals surface area contributed by atoms with Gasteiger partial charge >= 0.3 is 5.97 Å². The Bertz CT molecular complexity index is 671. The smallest absolute Gasteiger partial charge is 0.306 e. The highest BCUT2D eigenvalue weighted by Gasteiger charge is 2.15. The first-order valence-electron chi connectivity index (χ1n) is 17.1. The van der Waals surface area contributed by atoms with E-state index in [2.05, 4.69) is 37.5 Å². The molecule has 0 radical (unpaired) electrons. The van der Waals surface area contributed by atoms with Crippen molar-refractivity contribution in [3.8, 4) is 0 Å². The van der Waals surface area contributed by atoms with Gasteiger partial charge in [0.05, 0.1) is 6.04 Å². The highest BCUT2D eigenvalue weighted by atomic mass is 16.5. The van der Waals surface area contributed by atoms with Gasteiger partial charge in [0.25, 0.3) is 0 Å². The van der Waals surface area contributed by atoms with Gasteiger partial charge in [-0.3, -0.25) is 14.4 Å². The van der Waals surface area contributed by atoms with E-state index in [1.807, 2.05) is 0 Å². The number of unbranched alkanes of at least 4 members (excludes halogenated alkanes) is 13. The summed E-state index contributed by atoms with van der Waals surface area (Å²) in [5.41, 5.74) is 7.33. The van der Waals surface area contributed by atoms with E-state index in [1.165, 1.54) is 69.8 Å². The first-order valence-corrected chi connectivity index (χ1v) is 17.1. The Hall–Kier alpha value is -1.89. The average molecular weight is 580 g/mol. The molecule has 4 N–H and O–H groups in total. The largest absolute Gasteiger partial charge is 0.461 e. The number of carbonyl (C=O) groups excluding carboxylic acids is 3.